The molecular formula is C20H19FN2. The van der Waals surface area contributed by atoms with Gasteiger partial charge in [0.25, 0.3) is 0 Å². The third-order valence-corrected chi connectivity index (χ3v) is 3.80. The first kappa shape index (κ1) is 15.2. The van der Waals surface area contributed by atoms with Crippen molar-refractivity contribution in [2.75, 3.05) is 0 Å². The Bertz CT molecular complexity index is 744. The van der Waals surface area contributed by atoms with E-state index in [1.165, 1.54) is 17.7 Å². The number of benzene rings is 2. The van der Waals surface area contributed by atoms with Gasteiger partial charge in [-0.3, -0.25) is 0 Å². The van der Waals surface area contributed by atoms with Gasteiger partial charge in [-0.1, -0.05) is 48.5 Å². The van der Waals surface area contributed by atoms with E-state index in [0.29, 0.717) is 0 Å². The number of halogens is 1. The lowest BCUT2D eigenvalue weighted by Crippen LogP contribution is -1.90. The molecule has 3 heteroatoms. The Morgan fingerprint density at radius 3 is 2.52 bits per heavy atom. The van der Waals surface area contributed by atoms with Gasteiger partial charge in [0.05, 0.1) is 18.2 Å². The Morgan fingerprint density at radius 1 is 1.04 bits per heavy atom. The van der Waals surface area contributed by atoms with Crippen molar-refractivity contribution in [1.82, 2.24) is 9.97 Å². The topological polar surface area (TPSA) is 28.7 Å². The number of nitrogens with zero attached hydrogens (tertiary/aromatic N) is 1. The van der Waals surface area contributed by atoms with Gasteiger partial charge in [0.1, 0.15) is 5.82 Å². The van der Waals surface area contributed by atoms with Crippen LogP contribution in [0.15, 0.2) is 73.2 Å². The Kier molecular flexibility index (Phi) is 4.99. The van der Waals surface area contributed by atoms with Crippen molar-refractivity contribution < 1.29 is 4.39 Å². The molecule has 0 aliphatic carbocycles. The predicted molar refractivity (Wildman–Crippen MR) is 91.4 cm³/mol. The van der Waals surface area contributed by atoms with Crippen molar-refractivity contribution in [2.45, 2.75) is 19.3 Å². The maximum absolute atomic E-state index is 13.1. The maximum atomic E-state index is 13.1. The molecule has 0 radical (unpaired) electrons. The Hall–Kier alpha value is -2.68. The fourth-order valence-corrected chi connectivity index (χ4v) is 2.61. The van der Waals surface area contributed by atoms with Crippen molar-refractivity contribution in [1.29, 1.82) is 0 Å². The number of nitrogens with one attached hydrogen (secondary N) is 1. The average molecular weight is 306 g/mol. The molecule has 2 nitrogen and oxygen atoms in total. The highest BCUT2D eigenvalue weighted by Gasteiger charge is 2.06. The summed E-state index contributed by atoms with van der Waals surface area (Å²) in [5, 5.41) is 0. The summed E-state index contributed by atoms with van der Waals surface area (Å²) in [5.41, 5.74) is 4.37. The van der Waals surface area contributed by atoms with Crippen LogP contribution in [0.3, 0.4) is 0 Å². The minimum Gasteiger partial charge on any atom is -0.345 e. The van der Waals surface area contributed by atoms with E-state index in [1.807, 2.05) is 6.07 Å². The minimum atomic E-state index is -0.221. The SMILES string of the molecule is Fc1ccc(C(=CCCCc2ccccc2)c2cnc[nH]2)cc1. The molecule has 23 heavy (non-hydrogen) atoms. The summed E-state index contributed by atoms with van der Waals surface area (Å²) in [6.45, 7) is 0. The molecule has 0 saturated carbocycles. The molecule has 1 aromatic heterocycles. The number of rotatable bonds is 6. The third-order valence-electron chi connectivity index (χ3n) is 3.80. The van der Waals surface area contributed by atoms with Gasteiger partial charge < -0.3 is 4.98 Å². The number of imidazole rings is 1. The van der Waals surface area contributed by atoms with Gasteiger partial charge in [0, 0.05) is 5.57 Å². The minimum absolute atomic E-state index is 0.221. The van der Waals surface area contributed by atoms with E-state index in [1.54, 1.807) is 24.7 Å². The van der Waals surface area contributed by atoms with E-state index < -0.39 is 0 Å². The van der Waals surface area contributed by atoms with Crippen LogP contribution in [0.1, 0.15) is 29.7 Å². The maximum Gasteiger partial charge on any atom is 0.123 e. The molecule has 0 saturated heterocycles. The zero-order valence-corrected chi connectivity index (χ0v) is 12.9. The quantitative estimate of drug-likeness (QED) is 0.638. The van der Waals surface area contributed by atoms with Crippen LogP contribution in [-0.2, 0) is 6.42 Å². The number of H-pyrrole nitrogens is 1. The third kappa shape index (κ3) is 4.16. The van der Waals surface area contributed by atoms with Crippen LogP contribution in [0.4, 0.5) is 4.39 Å². The molecule has 2 aromatic carbocycles. The predicted octanol–water partition coefficient (Wildman–Crippen LogP) is 5.00. The summed E-state index contributed by atoms with van der Waals surface area (Å²) in [6, 6.07) is 17.1. The van der Waals surface area contributed by atoms with Crippen molar-refractivity contribution >= 4 is 5.57 Å². The van der Waals surface area contributed by atoms with Crippen LogP contribution in [-0.4, -0.2) is 9.97 Å². The molecule has 0 aliphatic rings. The standard InChI is InChI=1S/C20H19FN2/c21-18-12-10-17(11-13-18)19(20-14-22-15-23-20)9-5-4-8-16-6-2-1-3-7-16/h1-3,6-7,9-15H,4-5,8H2,(H,22,23). The monoisotopic (exact) mass is 306 g/mol. The smallest absolute Gasteiger partial charge is 0.123 e. The zero-order valence-electron chi connectivity index (χ0n) is 12.9. The van der Waals surface area contributed by atoms with Crippen LogP contribution in [0.25, 0.3) is 5.57 Å². The number of hydrogen-bond acceptors (Lipinski definition) is 1. The van der Waals surface area contributed by atoms with Crippen LogP contribution >= 0.6 is 0 Å². The second kappa shape index (κ2) is 7.54. The van der Waals surface area contributed by atoms with Crippen LogP contribution in [0, 0.1) is 5.82 Å². The average Bonchev–Trinajstić information content (AvgIpc) is 3.11. The number of aryl methyl sites for hydroxylation is 1. The fraction of sp³-hybridized carbons (Fsp3) is 0.150. The van der Waals surface area contributed by atoms with Gasteiger partial charge in [-0.05, 0) is 42.5 Å². The van der Waals surface area contributed by atoms with Crippen molar-refractivity contribution in [3.63, 3.8) is 0 Å². The molecular weight excluding hydrogens is 287 g/mol. The van der Waals surface area contributed by atoms with Crippen molar-refractivity contribution in [3.8, 4) is 0 Å². The van der Waals surface area contributed by atoms with Gasteiger partial charge >= 0.3 is 0 Å². The van der Waals surface area contributed by atoms with Gasteiger partial charge in [0.2, 0.25) is 0 Å². The van der Waals surface area contributed by atoms with Crippen LogP contribution < -0.4 is 0 Å². The van der Waals surface area contributed by atoms with Gasteiger partial charge in [-0.25, -0.2) is 9.37 Å². The highest BCUT2D eigenvalue weighted by Crippen LogP contribution is 2.23. The molecule has 0 unspecified atom stereocenters. The molecule has 0 bridgehead atoms. The molecule has 0 aliphatic heterocycles. The van der Waals surface area contributed by atoms with E-state index in [2.05, 4.69) is 40.3 Å². The Morgan fingerprint density at radius 2 is 1.83 bits per heavy atom. The number of unbranched alkanes of at least 4 members (excludes halogenated alkanes) is 1. The van der Waals surface area contributed by atoms with Crippen molar-refractivity contribution in [2.24, 2.45) is 0 Å². The molecule has 3 aromatic rings. The molecule has 0 atom stereocenters. The summed E-state index contributed by atoms with van der Waals surface area (Å²) in [6.07, 6.45) is 8.74. The van der Waals surface area contributed by atoms with Gasteiger partial charge in [0.15, 0.2) is 0 Å². The van der Waals surface area contributed by atoms with E-state index in [0.717, 1.165) is 36.1 Å². The Balaban J connectivity index is 1.72. The van der Waals surface area contributed by atoms with Crippen LogP contribution in [0.5, 0.6) is 0 Å². The second-order valence-electron chi connectivity index (χ2n) is 5.47. The highest BCUT2D eigenvalue weighted by molar-refractivity contribution is 5.77. The lowest BCUT2D eigenvalue weighted by atomic mass is 10.0. The van der Waals surface area contributed by atoms with E-state index in [9.17, 15) is 4.39 Å². The van der Waals surface area contributed by atoms with Crippen molar-refractivity contribution in [3.05, 3.63) is 95.8 Å². The molecule has 0 amide bonds. The second-order valence-corrected chi connectivity index (χ2v) is 5.47. The molecule has 0 spiro atoms. The molecule has 0 fully saturated rings. The fourth-order valence-electron chi connectivity index (χ4n) is 2.61. The zero-order chi connectivity index (χ0) is 15.9. The Labute approximate surface area is 135 Å². The summed E-state index contributed by atoms with van der Waals surface area (Å²) in [7, 11) is 0. The highest BCUT2D eigenvalue weighted by atomic mass is 19.1. The van der Waals surface area contributed by atoms with E-state index in [-0.39, 0.29) is 5.82 Å². The summed E-state index contributed by atoms with van der Waals surface area (Å²) in [5.74, 6) is -0.221. The first-order valence-corrected chi connectivity index (χ1v) is 7.82. The first-order chi connectivity index (χ1) is 11.3. The summed E-state index contributed by atoms with van der Waals surface area (Å²) < 4.78 is 13.1. The lowest BCUT2D eigenvalue weighted by molar-refractivity contribution is 0.627. The molecule has 1 heterocycles. The number of aromatic amines is 1. The van der Waals surface area contributed by atoms with Gasteiger partial charge in [-0.2, -0.15) is 0 Å². The van der Waals surface area contributed by atoms with E-state index in [4.69, 9.17) is 0 Å². The first-order valence-electron chi connectivity index (χ1n) is 7.82. The lowest BCUT2D eigenvalue weighted by Gasteiger charge is -2.06. The number of allylic oxidation sites excluding steroid dienone is 1. The van der Waals surface area contributed by atoms with Gasteiger partial charge in [-0.15, -0.1) is 0 Å². The van der Waals surface area contributed by atoms with E-state index >= 15 is 0 Å². The summed E-state index contributed by atoms with van der Waals surface area (Å²) in [4.78, 5) is 7.23. The molecule has 116 valence electrons. The largest absolute Gasteiger partial charge is 0.345 e. The van der Waals surface area contributed by atoms with Crippen LogP contribution in [0.2, 0.25) is 0 Å². The number of aromatic nitrogens is 2. The summed E-state index contributed by atoms with van der Waals surface area (Å²) >= 11 is 0. The number of hydrogen-bond donors (Lipinski definition) is 1. The molecule has 1 N–H and O–H groups in total. The normalized spacial score (nSPS) is 11.6. The molecule has 3 rings (SSSR count).